The van der Waals surface area contributed by atoms with E-state index in [1.165, 1.54) is 78.2 Å². The Morgan fingerprint density at radius 1 is 0.260 bits per heavy atom. The lowest BCUT2D eigenvalue weighted by molar-refractivity contribution is -0.597. The van der Waals surface area contributed by atoms with E-state index < -0.39 is 310 Å². The third-order valence-corrected chi connectivity index (χ3v) is 26.0. The van der Waals surface area contributed by atoms with Crippen molar-refractivity contribution in [2.75, 3.05) is 131 Å². The van der Waals surface area contributed by atoms with Gasteiger partial charge >= 0.3 is 0 Å². The molecule has 70 heteroatoms. The highest BCUT2D eigenvalue weighted by molar-refractivity contribution is 5.60. The Labute approximate surface area is 832 Å². The molecule has 43 atom stereocenters. The van der Waals surface area contributed by atoms with Crippen LogP contribution in [0.5, 0.6) is 0 Å². The van der Waals surface area contributed by atoms with E-state index in [-0.39, 0.29) is 119 Å². The van der Waals surface area contributed by atoms with E-state index >= 15 is 0 Å². The molecule has 70 nitrogen and oxygen atoms in total. The van der Waals surface area contributed by atoms with Gasteiger partial charge in [-0.3, -0.25) is 67.3 Å². The number of nitrogens with zero attached hydrogens (tertiary/aromatic N) is 7. The van der Waals surface area contributed by atoms with Crippen molar-refractivity contribution in [3.05, 3.63) is 71.4 Å². The molecule has 0 amide bonds. The minimum Gasteiger partial charge on any atom is -0.387 e. The summed E-state index contributed by atoms with van der Waals surface area (Å²) in [4.78, 5) is 0. The number of hydrogen-bond acceptors (Lipinski definition) is 69. The van der Waals surface area contributed by atoms with Gasteiger partial charge in [-0.1, -0.05) is 0 Å². The summed E-state index contributed by atoms with van der Waals surface area (Å²) in [7, 11) is 0. The van der Waals surface area contributed by atoms with Gasteiger partial charge < -0.3 is 246 Å². The van der Waals surface area contributed by atoms with Crippen LogP contribution in [0.4, 0.5) is 0 Å². The molecule has 0 aromatic carbocycles. The lowest BCUT2D eigenvalue weighted by Crippen LogP contribution is -2.69. The first-order chi connectivity index (χ1) is 70.2. The molecule has 14 bridgehead atoms. The highest BCUT2D eigenvalue weighted by Crippen LogP contribution is 2.41. The molecule has 22 unspecified atom stereocenters. The Hall–Kier alpha value is -6.73. The van der Waals surface area contributed by atoms with Crippen molar-refractivity contribution in [2.24, 2.45) is 40.1 Å². The Morgan fingerprint density at radius 2 is 0.452 bits per heavy atom. The predicted molar refractivity (Wildman–Crippen MR) is 483 cm³/mol. The molecule has 0 saturated carbocycles. The number of hydrogen-bond donors (Lipinski definition) is 49. The van der Waals surface area contributed by atoms with Crippen LogP contribution in [-0.4, -0.2) is 544 Å². The summed E-state index contributed by atoms with van der Waals surface area (Å²) < 4.78 is 93.9. The molecule has 0 spiro atoms. The quantitative estimate of drug-likeness (QED) is 0.0200. The molecule has 28 aliphatic rings. The van der Waals surface area contributed by atoms with E-state index in [0.29, 0.717) is 0 Å². The topological polar surface area (TPSA) is 1010 Å². The van der Waals surface area contributed by atoms with Gasteiger partial charge in [0.25, 0.3) is 0 Å². The number of rotatable bonds is 41. The predicted octanol–water partition coefficient (Wildman–Crippen LogP) is -29.7. The number of nitrogens with one attached hydrogen (secondary N) is 21. The highest BCUT2D eigenvalue weighted by atomic mass is 16.8. The second-order valence-electron chi connectivity index (χ2n) is 36.5. The van der Waals surface area contributed by atoms with Crippen molar-refractivity contribution in [1.29, 1.82) is 0 Å². The number of nitrogens with two attached hydrogens (primary N) is 7. The first-order valence-corrected chi connectivity index (χ1v) is 47.8. The molecular formula is C76H146N35O35+. The Kier molecular flexibility index (Phi) is 40.6. The molecule has 21 fully saturated rings. The number of ether oxygens (including phenoxy) is 14. The first-order valence-electron chi connectivity index (χ1n) is 47.8. The van der Waals surface area contributed by atoms with Crippen molar-refractivity contribution in [3.8, 4) is 0 Å². The molecule has 834 valence electrons. The summed E-state index contributed by atoms with van der Waals surface area (Å²) in [6.07, 6.45) is -74.3. The number of hydrazine groups is 14. The maximum absolute atomic E-state index is 12.9. The zero-order valence-corrected chi connectivity index (χ0v) is 78.8. The third-order valence-electron chi connectivity index (χ3n) is 26.0. The molecule has 0 aromatic heterocycles. The van der Waals surface area contributed by atoms with Gasteiger partial charge in [0.1, 0.15) is 214 Å². The largest absolute Gasteiger partial charge is 0.387 e. The Bertz CT molecular complexity index is 4310. The first kappa shape index (κ1) is 113. The molecular weight excluding hydrogens is 1960 g/mol. The van der Waals surface area contributed by atoms with Crippen LogP contribution in [0, 0.1) is 0 Å². The zero-order valence-electron chi connectivity index (χ0n) is 78.8. The van der Waals surface area contributed by atoms with Crippen LogP contribution < -0.4 is 154 Å². The Morgan fingerprint density at radius 3 is 0.658 bits per heavy atom. The second kappa shape index (κ2) is 52.3. The van der Waals surface area contributed by atoms with Crippen LogP contribution in [0.3, 0.4) is 0 Å². The van der Waals surface area contributed by atoms with Crippen molar-refractivity contribution in [3.63, 3.8) is 0 Å². The Balaban J connectivity index is 0.837. The van der Waals surface area contributed by atoms with Crippen LogP contribution in [0.25, 0.3) is 0 Å². The van der Waals surface area contributed by atoms with E-state index in [0.717, 1.165) is 0 Å². The van der Waals surface area contributed by atoms with Gasteiger partial charge in [-0.15, -0.1) is 43.4 Å². The lowest BCUT2D eigenvalue weighted by atomic mass is 9.94. The summed E-state index contributed by atoms with van der Waals surface area (Å²) in [6.45, 7) is -2.69. The van der Waals surface area contributed by atoms with Gasteiger partial charge in [0.2, 0.25) is 6.54 Å². The maximum atomic E-state index is 12.9. The third kappa shape index (κ3) is 27.0. The zero-order chi connectivity index (χ0) is 104. The van der Waals surface area contributed by atoms with Gasteiger partial charge in [0.05, 0.1) is 73.5 Å². The molecule has 0 aliphatic carbocycles. The average Bonchev–Trinajstić information content (AvgIpc) is 0.876. The minimum atomic E-state index is -2.36. The molecule has 21 saturated heterocycles. The molecule has 0 radical (unpaired) electrons. The molecule has 28 rings (SSSR count). The van der Waals surface area contributed by atoms with Crippen LogP contribution in [-0.2, 0) is 66.3 Å². The minimum absolute atomic E-state index is 0.0483. The molecule has 0 aromatic rings. The van der Waals surface area contributed by atoms with E-state index in [1.54, 1.807) is 0 Å². The van der Waals surface area contributed by atoms with Crippen molar-refractivity contribution in [1.82, 2.24) is 144 Å². The summed E-state index contributed by atoms with van der Waals surface area (Å²) >= 11 is 0. The van der Waals surface area contributed by atoms with E-state index in [2.05, 4.69) is 114 Å². The molecule has 56 N–H and O–H groups in total. The SMILES string of the molecule is NCCNC(O)C1=CN(CC2O[C@@H]3O[C@@H]4C(C[N+]5=CC(C(O)NCCN)NN5)O[C@H](O[C@@H]5C(CN6C=C(C(O)NCCN)NN6)O[C@@H](O[C@@H]6C(CN7C=C(C(O)NCCN)NN7)O[C@@H](O[C@@H]7C(CN8C=C(C(O)NCCN)NN8)O[C@@H](O[C@@H]8C(CN9C=C(C(O)NCCN)NN9)O[C@H](O[C@@H]9C(CN%10C=C(C(O)NCN)NN%10)O[C@H](O[C@H]2[C@H](O)C3O)C(O)[C@H]9O)C(O)[C@H]8O)C(O)[C@H]7O)C(O)[C@H]6O)C(O)[C@H]5O)C(O)[C@H]4O)NN1. The maximum Gasteiger partial charge on any atom is 0.201 e. The summed E-state index contributed by atoms with van der Waals surface area (Å²) in [5.74, 6) is 0. The van der Waals surface area contributed by atoms with Gasteiger partial charge in [-0.2, -0.15) is 5.43 Å². The van der Waals surface area contributed by atoms with Crippen LogP contribution >= 0.6 is 0 Å². The highest BCUT2D eigenvalue weighted by Gasteiger charge is 2.62. The molecule has 146 heavy (non-hydrogen) atoms. The van der Waals surface area contributed by atoms with Gasteiger partial charge in [-0.05, 0) is 0 Å². The van der Waals surface area contributed by atoms with Crippen molar-refractivity contribution in [2.45, 2.75) is 265 Å². The summed E-state index contributed by atoms with van der Waals surface area (Å²) in [6, 6.07) is -0.955. The molecule has 28 aliphatic heterocycles. The van der Waals surface area contributed by atoms with Gasteiger partial charge in [0.15, 0.2) is 56.3 Å². The van der Waals surface area contributed by atoms with E-state index in [4.69, 9.17) is 106 Å². The van der Waals surface area contributed by atoms with E-state index in [1.807, 2.05) is 0 Å². The monoisotopic (exact) mass is 2110 g/mol. The van der Waals surface area contributed by atoms with Gasteiger partial charge in [0, 0.05) is 122 Å². The summed E-state index contributed by atoms with van der Waals surface area (Å²) in [5.41, 5.74) is 80.2. The fourth-order valence-electron chi connectivity index (χ4n) is 18.3. The number of aliphatic hydroxyl groups excluding tert-OH is 21. The van der Waals surface area contributed by atoms with Gasteiger partial charge in [-0.25, -0.2) is 0 Å². The molecule has 28 heterocycles. The number of hydrazone groups is 1. The number of aliphatic hydroxyl groups is 21. The second-order valence-corrected chi connectivity index (χ2v) is 36.5. The fourth-order valence-corrected chi connectivity index (χ4v) is 18.3. The fraction of sp³-hybridized carbons (Fsp3) is 0.829. The summed E-state index contributed by atoms with van der Waals surface area (Å²) in [5, 5.41) is 285. The van der Waals surface area contributed by atoms with Crippen LogP contribution in [0.15, 0.2) is 71.4 Å². The van der Waals surface area contributed by atoms with Crippen LogP contribution in [0.2, 0.25) is 0 Å². The standard InChI is InChI=1S/C76H146N35O35/c77-1-7-84-63(126)28-13-105(98-91-28)20-35-56-43(113)50(120)71(134-35)142-58-37(22-107-15-30(93-100-107)65(128)86-9-3-79)136-73(52(122)45(58)115)144-60-39(24-109-17-32(95-102-109)67(130)88-11-5-81)138-75(54(124)47(60)117)146-62-41(26-111-19-34(97-104-111)69(132)90-27-83)139-76(55(125)48(62)118)145-61-40(25-110-18-33(96-103-110)68(131)89-12-6-82)137-74(53(123)46(61)116)143-59-38(23-108-16-31(94-101-108)66(129)87-10-4-80)135-72(51(121)44(59)114)141-57-36(133-70(140-56)49(119)42(57)112)21-106-14-29(92-99-106)64(127)85-8-2-78/h13-19,31,35-76,84-104,112-132H,1-12,20-27,77-83H2/q+1/t31?,35?,36?,37?,38?,39?,40?,41?,42-,43-,44-,45-,46-,47-,48-,49?,50?,51?,52?,53?,54?,55?,56-,57-,58-,59-,60-,61-,62-,63?,64?,65?,66?,67?,68?,69?,70+,71+,72-,73+,74-,75-,76-/m1/s1. The van der Waals surface area contributed by atoms with Crippen molar-refractivity contribution < 1.29 is 178 Å². The van der Waals surface area contributed by atoms with Crippen molar-refractivity contribution >= 4 is 6.21 Å². The smallest absolute Gasteiger partial charge is 0.201 e. The van der Waals surface area contributed by atoms with Crippen LogP contribution in [0.1, 0.15) is 0 Å². The van der Waals surface area contributed by atoms with E-state index in [9.17, 15) is 107 Å². The lowest BCUT2D eigenvalue weighted by Gasteiger charge is -2.51. The normalized spacial score (nSPS) is 40.2. The average molecular weight is 2110 g/mol.